The number of rotatable bonds is 2. The van der Waals surface area contributed by atoms with Crippen molar-refractivity contribution in [1.29, 1.82) is 0 Å². The van der Waals surface area contributed by atoms with Crippen LogP contribution in [0.1, 0.15) is 12.6 Å². The molecule has 0 amide bonds. The highest BCUT2D eigenvalue weighted by Gasteiger charge is 1.97. The van der Waals surface area contributed by atoms with Crippen LogP contribution in [-0.4, -0.2) is 11.6 Å². The van der Waals surface area contributed by atoms with Crippen LogP contribution in [0.4, 0.5) is 0 Å². The molecule has 0 aliphatic rings. The molecular weight excluding hydrogens is 138 g/mol. The molecule has 2 nitrogen and oxygen atoms in total. The van der Waals surface area contributed by atoms with Crippen molar-refractivity contribution in [2.45, 2.75) is 6.92 Å². The Morgan fingerprint density at radius 2 is 2.55 bits per heavy atom. The number of nitrogens with zero attached hydrogens (tertiary/aromatic N) is 1. The van der Waals surface area contributed by atoms with Crippen molar-refractivity contribution in [3.63, 3.8) is 0 Å². The molecule has 1 aromatic rings. The van der Waals surface area contributed by atoms with Crippen LogP contribution in [0.3, 0.4) is 0 Å². The maximum Gasteiger partial charge on any atom is 0.154 e. The Morgan fingerprint density at radius 1 is 1.73 bits per heavy atom. The predicted octanol–water partition coefficient (Wildman–Crippen LogP) is 1.46. The Kier molecular flexibility index (Phi) is 2.51. The van der Waals surface area contributed by atoms with Gasteiger partial charge in [0.05, 0.1) is 6.61 Å². The summed E-state index contributed by atoms with van der Waals surface area (Å²) < 4.78 is 5.22. The summed E-state index contributed by atoms with van der Waals surface area (Å²) in [5.74, 6) is 3.12. The van der Waals surface area contributed by atoms with Gasteiger partial charge in [-0.1, -0.05) is 0 Å². The van der Waals surface area contributed by atoms with Crippen LogP contribution < -0.4 is 4.74 Å². The average Bonchev–Trinajstić information content (AvgIpc) is 2.06. The fourth-order valence-electron chi connectivity index (χ4n) is 0.771. The van der Waals surface area contributed by atoms with Gasteiger partial charge in [0.2, 0.25) is 0 Å². The fourth-order valence-corrected chi connectivity index (χ4v) is 0.771. The summed E-state index contributed by atoms with van der Waals surface area (Å²) in [5.41, 5.74) is 0.564. The van der Waals surface area contributed by atoms with Gasteiger partial charge in [-0.05, 0) is 25.0 Å². The third-order valence-corrected chi connectivity index (χ3v) is 1.21. The normalized spacial score (nSPS) is 8.73. The Hall–Kier alpha value is -1.49. The highest BCUT2D eigenvalue weighted by Crippen LogP contribution is 2.12. The maximum absolute atomic E-state index is 5.22. The minimum absolute atomic E-state index is 0.564. The predicted molar refractivity (Wildman–Crippen MR) is 43.3 cm³/mol. The second-order valence-electron chi connectivity index (χ2n) is 1.93. The molecule has 1 heterocycles. The van der Waals surface area contributed by atoms with Crippen molar-refractivity contribution >= 4 is 0 Å². The molecule has 0 fully saturated rings. The van der Waals surface area contributed by atoms with Gasteiger partial charge in [0.15, 0.2) is 11.4 Å². The van der Waals surface area contributed by atoms with E-state index in [9.17, 15) is 0 Å². The van der Waals surface area contributed by atoms with Gasteiger partial charge in [-0.15, -0.1) is 6.42 Å². The third-order valence-electron chi connectivity index (χ3n) is 1.21. The van der Waals surface area contributed by atoms with Crippen LogP contribution >= 0.6 is 0 Å². The summed E-state index contributed by atoms with van der Waals surface area (Å²) in [6.07, 6.45) is 6.84. The molecular formula is C9H9NO. The van der Waals surface area contributed by atoms with Gasteiger partial charge >= 0.3 is 0 Å². The molecule has 56 valence electrons. The van der Waals surface area contributed by atoms with Gasteiger partial charge in [-0.25, -0.2) is 4.98 Å². The van der Waals surface area contributed by atoms with Crippen LogP contribution in [0, 0.1) is 12.3 Å². The average molecular weight is 147 g/mol. The SMILES string of the molecule is C#Cc1ncccc1OCC. The number of pyridine rings is 1. The first kappa shape index (κ1) is 7.62. The molecule has 0 N–H and O–H groups in total. The molecule has 0 saturated heterocycles. The van der Waals surface area contributed by atoms with E-state index in [4.69, 9.17) is 11.2 Å². The van der Waals surface area contributed by atoms with Crippen LogP contribution in [0.15, 0.2) is 18.3 Å². The fraction of sp³-hybridized carbons (Fsp3) is 0.222. The second kappa shape index (κ2) is 3.62. The summed E-state index contributed by atoms with van der Waals surface area (Å²) in [4.78, 5) is 3.95. The molecule has 0 aliphatic carbocycles. The summed E-state index contributed by atoms with van der Waals surface area (Å²) >= 11 is 0. The standard InChI is InChI=1S/C9H9NO/c1-3-8-9(11-4-2)6-5-7-10-8/h1,5-7H,4H2,2H3. The molecule has 1 aromatic heterocycles. The first-order chi connectivity index (χ1) is 5.38. The molecule has 0 saturated carbocycles. The van der Waals surface area contributed by atoms with Crippen LogP contribution in [0.25, 0.3) is 0 Å². The zero-order valence-corrected chi connectivity index (χ0v) is 6.37. The summed E-state index contributed by atoms with van der Waals surface area (Å²) in [6.45, 7) is 2.52. The highest BCUT2D eigenvalue weighted by atomic mass is 16.5. The Labute approximate surface area is 66.2 Å². The molecule has 11 heavy (non-hydrogen) atoms. The number of hydrogen-bond donors (Lipinski definition) is 0. The van der Waals surface area contributed by atoms with E-state index in [1.54, 1.807) is 12.3 Å². The van der Waals surface area contributed by atoms with Gasteiger partial charge in [0.25, 0.3) is 0 Å². The first-order valence-electron chi connectivity index (χ1n) is 3.43. The lowest BCUT2D eigenvalue weighted by Gasteiger charge is -2.02. The molecule has 2 heteroatoms. The lowest BCUT2D eigenvalue weighted by Crippen LogP contribution is -1.95. The first-order valence-corrected chi connectivity index (χ1v) is 3.43. The van der Waals surface area contributed by atoms with E-state index in [0.717, 1.165) is 0 Å². The van der Waals surface area contributed by atoms with Crippen molar-refractivity contribution in [3.8, 4) is 18.1 Å². The van der Waals surface area contributed by atoms with Gasteiger partial charge in [0, 0.05) is 6.20 Å². The number of terminal acetylenes is 1. The smallest absolute Gasteiger partial charge is 0.154 e. The van der Waals surface area contributed by atoms with Gasteiger partial charge in [0.1, 0.15) is 0 Å². The summed E-state index contributed by atoms with van der Waals surface area (Å²) in [6, 6.07) is 3.61. The van der Waals surface area contributed by atoms with E-state index >= 15 is 0 Å². The number of ether oxygens (including phenoxy) is 1. The van der Waals surface area contributed by atoms with E-state index in [0.29, 0.717) is 18.1 Å². The maximum atomic E-state index is 5.22. The van der Waals surface area contributed by atoms with Crippen molar-refractivity contribution < 1.29 is 4.74 Å². The molecule has 0 aliphatic heterocycles. The van der Waals surface area contributed by atoms with E-state index in [2.05, 4.69) is 10.9 Å². The van der Waals surface area contributed by atoms with E-state index in [1.807, 2.05) is 13.0 Å². The molecule has 0 bridgehead atoms. The third kappa shape index (κ3) is 1.71. The molecule has 0 atom stereocenters. The van der Waals surface area contributed by atoms with E-state index < -0.39 is 0 Å². The van der Waals surface area contributed by atoms with Crippen molar-refractivity contribution in [1.82, 2.24) is 4.98 Å². The van der Waals surface area contributed by atoms with E-state index in [-0.39, 0.29) is 0 Å². The summed E-state index contributed by atoms with van der Waals surface area (Å²) in [7, 11) is 0. The molecule has 0 aromatic carbocycles. The van der Waals surface area contributed by atoms with Crippen LogP contribution in [0.2, 0.25) is 0 Å². The van der Waals surface area contributed by atoms with Crippen LogP contribution in [0.5, 0.6) is 5.75 Å². The largest absolute Gasteiger partial charge is 0.491 e. The van der Waals surface area contributed by atoms with Crippen molar-refractivity contribution in [2.75, 3.05) is 6.61 Å². The molecule has 0 spiro atoms. The highest BCUT2D eigenvalue weighted by molar-refractivity contribution is 5.38. The number of hydrogen-bond acceptors (Lipinski definition) is 2. The summed E-state index contributed by atoms with van der Waals surface area (Å²) in [5, 5.41) is 0. The zero-order chi connectivity index (χ0) is 8.10. The van der Waals surface area contributed by atoms with E-state index in [1.165, 1.54) is 0 Å². The van der Waals surface area contributed by atoms with Gasteiger partial charge in [-0.3, -0.25) is 0 Å². The number of aromatic nitrogens is 1. The Bertz CT molecular complexity index is 275. The zero-order valence-electron chi connectivity index (χ0n) is 6.37. The lowest BCUT2D eigenvalue weighted by atomic mass is 10.3. The monoisotopic (exact) mass is 147 g/mol. The van der Waals surface area contributed by atoms with Crippen molar-refractivity contribution in [3.05, 3.63) is 24.0 Å². The minimum atomic E-state index is 0.564. The molecule has 1 rings (SSSR count). The van der Waals surface area contributed by atoms with Crippen LogP contribution in [-0.2, 0) is 0 Å². The topological polar surface area (TPSA) is 22.1 Å². The Morgan fingerprint density at radius 3 is 3.18 bits per heavy atom. The van der Waals surface area contributed by atoms with Gasteiger partial charge in [-0.2, -0.15) is 0 Å². The second-order valence-corrected chi connectivity index (χ2v) is 1.93. The van der Waals surface area contributed by atoms with Gasteiger partial charge < -0.3 is 4.74 Å². The minimum Gasteiger partial charge on any atom is -0.491 e. The van der Waals surface area contributed by atoms with Crippen molar-refractivity contribution in [2.24, 2.45) is 0 Å². The molecule has 0 unspecified atom stereocenters. The lowest BCUT2D eigenvalue weighted by molar-refractivity contribution is 0.338. The quantitative estimate of drug-likeness (QED) is 0.591. The Balaban J connectivity index is 2.95. The molecule has 0 radical (unpaired) electrons.